The number of aromatic nitrogens is 2. The lowest BCUT2D eigenvalue weighted by molar-refractivity contribution is -0.114. The summed E-state index contributed by atoms with van der Waals surface area (Å²) in [5.74, 6) is 0.429. The number of nitrogens with one attached hydrogen (secondary N) is 1. The van der Waals surface area contributed by atoms with Gasteiger partial charge in [-0.05, 0) is 36.4 Å². The van der Waals surface area contributed by atoms with E-state index in [0.29, 0.717) is 11.4 Å². The number of hydrogen-bond acceptors (Lipinski definition) is 4. The van der Waals surface area contributed by atoms with E-state index >= 15 is 0 Å². The Labute approximate surface area is 150 Å². The quantitative estimate of drug-likeness (QED) is 0.705. The van der Waals surface area contributed by atoms with E-state index in [9.17, 15) is 14.7 Å². The number of rotatable bonds is 6. The number of carbonyl (C=O) groups excluding carboxylic acids is 1. The van der Waals surface area contributed by atoms with Crippen LogP contribution in [0.25, 0.3) is 11.0 Å². The van der Waals surface area contributed by atoms with Gasteiger partial charge >= 0.3 is 5.69 Å². The molecule has 3 aromatic rings. The van der Waals surface area contributed by atoms with Crippen LogP contribution in [0.1, 0.15) is 6.92 Å². The van der Waals surface area contributed by atoms with Gasteiger partial charge < -0.3 is 15.2 Å². The molecule has 3 rings (SSSR count). The van der Waals surface area contributed by atoms with Crippen LogP contribution < -0.4 is 15.7 Å². The van der Waals surface area contributed by atoms with E-state index in [-0.39, 0.29) is 24.7 Å². The van der Waals surface area contributed by atoms with Gasteiger partial charge in [0.1, 0.15) is 18.5 Å². The van der Waals surface area contributed by atoms with Crippen molar-refractivity contribution in [3.05, 3.63) is 59.0 Å². The van der Waals surface area contributed by atoms with Gasteiger partial charge in [0.25, 0.3) is 0 Å². The van der Waals surface area contributed by atoms with E-state index in [1.807, 2.05) is 24.3 Å². The summed E-state index contributed by atoms with van der Waals surface area (Å²) < 4.78 is 8.68. The summed E-state index contributed by atoms with van der Waals surface area (Å²) in [5, 5.41) is 13.0. The average molecular weight is 355 g/mol. The Morgan fingerprint density at radius 3 is 2.46 bits per heavy atom. The molecule has 0 bridgehead atoms. The van der Waals surface area contributed by atoms with Gasteiger partial charge in [-0.2, -0.15) is 0 Å². The van der Waals surface area contributed by atoms with E-state index in [2.05, 4.69) is 5.32 Å². The molecule has 0 spiro atoms. The highest BCUT2D eigenvalue weighted by Gasteiger charge is 2.14. The number of benzene rings is 2. The molecule has 0 saturated carbocycles. The number of anilines is 1. The van der Waals surface area contributed by atoms with Crippen molar-refractivity contribution in [1.29, 1.82) is 0 Å². The number of fused-ring (bicyclic) bond motifs is 1. The van der Waals surface area contributed by atoms with Crippen LogP contribution in [0.4, 0.5) is 5.69 Å². The van der Waals surface area contributed by atoms with Crippen molar-refractivity contribution in [2.75, 3.05) is 11.9 Å². The largest absolute Gasteiger partial charge is 0.491 e. The van der Waals surface area contributed by atoms with E-state index in [0.717, 1.165) is 11.0 Å². The third kappa shape index (κ3) is 3.78. The van der Waals surface area contributed by atoms with E-state index in [1.54, 1.807) is 40.4 Å². The van der Waals surface area contributed by atoms with E-state index in [4.69, 9.17) is 4.74 Å². The fraction of sp³-hybridized carbons (Fsp3) is 0.263. The zero-order valence-corrected chi connectivity index (χ0v) is 14.7. The van der Waals surface area contributed by atoms with Crippen molar-refractivity contribution in [1.82, 2.24) is 9.13 Å². The molecule has 2 N–H and O–H groups in total. The smallest absolute Gasteiger partial charge is 0.328 e. The standard InChI is InChI=1S/C19H21N3O4/c1-13(23)20-14-7-9-16(10-8-14)26-12-15(24)11-22-18-6-4-3-5-17(18)21(2)19(22)25/h3-10,15,24H,11-12H2,1-2H3,(H,20,23). The molecule has 7 heteroatoms. The molecule has 1 amide bonds. The number of amides is 1. The topological polar surface area (TPSA) is 85.5 Å². The van der Waals surface area contributed by atoms with Gasteiger partial charge in [0.2, 0.25) is 5.91 Å². The molecule has 0 fully saturated rings. The zero-order valence-electron chi connectivity index (χ0n) is 14.7. The summed E-state index contributed by atoms with van der Waals surface area (Å²) in [6.07, 6.45) is -0.839. The summed E-state index contributed by atoms with van der Waals surface area (Å²) in [4.78, 5) is 23.4. The van der Waals surface area contributed by atoms with Gasteiger partial charge in [0.05, 0.1) is 17.6 Å². The molecule has 1 heterocycles. The molecule has 7 nitrogen and oxygen atoms in total. The Bertz CT molecular complexity index is 973. The van der Waals surface area contributed by atoms with Gasteiger partial charge in [-0.3, -0.25) is 13.9 Å². The number of aryl methyl sites for hydroxylation is 1. The monoisotopic (exact) mass is 355 g/mol. The van der Waals surface area contributed by atoms with Crippen LogP contribution in [0.5, 0.6) is 5.75 Å². The predicted octanol–water partition coefficient (Wildman–Crippen LogP) is 1.74. The maximum atomic E-state index is 12.4. The Kier molecular flexibility index (Phi) is 5.09. The lowest BCUT2D eigenvalue weighted by Gasteiger charge is -2.13. The molecule has 1 unspecified atom stereocenters. The maximum Gasteiger partial charge on any atom is 0.328 e. The fourth-order valence-corrected chi connectivity index (χ4v) is 2.83. The second-order valence-corrected chi connectivity index (χ2v) is 6.11. The number of aliphatic hydroxyl groups is 1. The van der Waals surface area contributed by atoms with E-state index in [1.165, 1.54) is 6.92 Å². The number of para-hydroxylation sites is 2. The van der Waals surface area contributed by atoms with Crippen LogP contribution in [0.3, 0.4) is 0 Å². The molecule has 1 aromatic heterocycles. The SMILES string of the molecule is CC(=O)Nc1ccc(OCC(O)Cn2c(=O)n(C)c3ccccc32)cc1. The number of hydrogen-bond donors (Lipinski definition) is 2. The summed E-state index contributed by atoms with van der Waals surface area (Å²) >= 11 is 0. The zero-order chi connectivity index (χ0) is 18.7. The third-order valence-electron chi connectivity index (χ3n) is 4.06. The van der Waals surface area contributed by atoms with Crippen molar-refractivity contribution in [3.8, 4) is 5.75 Å². The fourth-order valence-electron chi connectivity index (χ4n) is 2.83. The number of ether oxygens (including phenoxy) is 1. The van der Waals surface area contributed by atoms with Crippen molar-refractivity contribution in [2.24, 2.45) is 7.05 Å². The molecule has 0 aliphatic heterocycles. The van der Waals surface area contributed by atoms with Crippen molar-refractivity contribution in [2.45, 2.75) is 19.6 Å². The molecule has 1 atom stereocenters. The van der Waals surface area contributed by atoms with Crippen LogP contribution in [0, 0.1) is 0 Å². The van der Waals surface area contributed by atoms with Crippen molar-refractivity contribution >= 4 is 22.6 Å². The highest BCUT2D eigenvalue weighted by Crippen LogP contribution is 2.16. The van der Waals surface area contributed by atoms with Crippen LogP contribution in [-0.2, 0) is 18.4 Å². The lowest BCUT2D eigenvalue weighted by atomic mass is 10.3. The number of nitrogens with zero attached hydrogens (tertiary/aromatic N) is 2. The molecular weight excluding hydrogens is 334 g/mol. The molecule has 136 valence electrons. The summed E-state index contributed by atoms with van der Waals surface area (Å²) in [6, 6.07) is 14.3. The van der Waals surface area contributed by atoms with Gasteiger partial charge in [-0.25, -0.2) is 4.79 Å². The van der Waals surface area contributed by atoms with Gasteiger partial charge in [-0.15, -0.1) is 0 Å². The van der Waals surface area contributed by atoms with E-state index < -0.39 is 6.10 Å². The van der Waals surface area contributed by atoms with Crippen molar-refractivity contribution in [3.63, 3.8) is 0 Å². The molecule has 0 aliphatic rings. The maximum absolute atomic E-state index is 12.4. The molecule has 2 aromatic carbocycles. The lowest BCUT2D eigenvalue weighted by Crippen LogP contribution is -2.30. The third-order valence-corrected chi connectivity index (χ3v) is 4.06. The first-order valence-corrected chi connectivity index (χ1v) is 8.28. The minimum atomic E-state index is -0.839. The minimum Gasteiger partial charge on any atom is -0.491 e. The highest BCUT2D eigenvalue weighted by atomic mass is 16.5. The first-order valence-electron chi connectivity index (χ1n) is 8.28. The Morgan fingerprint density at radius 2 is 1.81 bits per heavy atom. The minimum absolute atomic E-state index is 0.0507. The Morgan fingerprint density at radius 1 is 1.15 bits per heavy atom. The number of carbonyl (C=O) groups is 1. The first kappa shape index (κ1) is 17.8. The average Bonchev–Trinajstić information content (AvgIpc) is 2.86. The Balaban J connectivity index is 1.65. The van der Waals surface area contributed by atoms with Crippen LogP contribution in [0.2, 0.25) is 0 Å². The molecular formula is C19H21N3O4. The van der Waals surface area contributed by atoms with Crippen LogP contribution in [-0.4, -0.2) is 32.9 Å². The Hall–Kier alpha value is -3.06. The highest BCUT2D eigenvalue weighted by molar-refractivity contribution is 5.88. The predicted molar refractivity (Wildman–Crippen MR) is 99.4 cm³/mol. The first-order chi connectivity index (χ1) is 12.5. The molecule has 0 radical (unpaired) electrons. The normalized spacial score (nSPS) is 12.1. The summed E-state index contributed by atoms with van der Waals surface area (Å²) in [7, 11) is 1.71. The van der Waals surface area contributed by atoms with Gasteiger partial charge in [-0.1, -0.05) is 12.1 Å². The van der Waals surface area contributed by atoms with Crippen LogP contribution in [0.15, 0.2) is 53.3 Å². The summed E-state index contributed by atoms with van der Waals surface area (Å²) in [5.41, 5.74) is 2.09. The second-order valence-electron chi connectivity index (χ2n) is 6.11. The molecule has 0 aliphatic carbocycles. The molecule has 0 saturated heterocycles. The second kappa shape index (κ2) is 7.45. The molecule has 26 heavy (non-hydrogen) atoms. The summed E-state index contributed by atoms with van der Waals surface area (Å²) in [6.45, 7) is 1.63. The number of aliphatic hydroxyl groups excluding tert-OH is 1. The number of imidazole rings is 1. The van der Waals surface area contributed by atoms with Crippen LogP contribution >= 0.6 is 0 Å². The van der Waals surface area contributed by atoms with Crippen molar-refractivity contribution < 1.29 is 14.6 Å². The van der Waals surface area contributed by atoms with Gasteiger partial charge in [0, 0.05) is 19.7 Å². The van der Waals surface area contributed by atoms with Gasteiger partial charge in [0.15, 0.2) is 0 Å².